The number of hydrogen-bond acceptors (Lipinski definition) is 2. The van der Waals surface area contributed by atoms with Gasteiger partial charge >= 0.3 is 0 Å². The quantitative estimate of drug-likeness (QED) is 0.439. The molecule has 0 heterocycles. The monoisotopic (exact) mass is 195 g/mol. The van der Waals surface area contributed by atoms with Gasteiger partial charge in [-0.2, -0.15) is 0 Å². The maximum absolute atomic E-state index is 10.4. The Hall–Kier alpha value is -0.790. The molecule has 2 heteroatoms. The lowest BCUT2D eigenvalue weighted by Crippen LogP contribution is -2.25. The van der Waals surface area contributed by atoms with Gasteiger partial charge in [0.15, 0.2) is 0 Å². The average molecular weight is 195 g/mol. The molecule has 0 aliphatic heterocycles. The van der Waals surface area contributed by atoms with Crippen molar-refractivity contribution in [2.24, 2.45) is 5.92 Å². The van der Waals surface area contributed by atoms with Crippen molar-refractivity contribution < 1.29 is 9.90 Å². The van der Waals surface area contributed by atoms with Crippen molar-refractivity contribution >= 4 is 5.97 Å². The van der Waals surface area contributed by atoms with Crippen molar-refractivity contribution in [2.75, 3.05) is 0 Å². The van der Waals surface area contributed by atoms with Gasteiger partial charge in [-0.05, 0) is 12.8 Å². The van der Waals surface area contributed by atoms with Gasteiger partial charge in [0, 0.05) is 5.92 Å². The highest BCUT2D eigenvalue weighted by Crippen LogP contribution is 2.32. The molecule has 0 aromatic rings. The summed E-state index contributed by atoms with van der Waals surface area (Å²) in [6.07, 6.45) is 10.3. The standard InChI is InChI=1S/C12H20O2/c1-2-3-4-5-6-7-8-10-9-11(10)12(13)14/h9,11H,2-8H2,1H3,(H,13,14)/p-1. The second kappa shape index (κ2) is 5.84. The fourth-order valence-corrected chi connectivity index (χ4v) is 1.73. The Morgan fingerprint density at radius 2 is 1.93 bits per heavy atom. The van der Waals surface area contributed by atoms with Gasteiger partial charge in [-0.1, -0.05) is 50.7 Å². The molecule has 14 heavy (non-hydrogen) atoms. The molecule has 0 fully saturated rings. The second-order valence-corrected chi connectivity index (χ2v) is 4.06. The minimum absolute atomic E-state index is 0.314. The van der Waals surface area contributed by atoms with Crippen molar-refractivity contribution in [1.82, 2.24) is 0 Å². The third-order valence-electron chi connectivity index (χ3n) is 2.74. The Kier molecular flexibility index (Phi) is 4.71. The molecule has 80 valence electrons. The minimum atomic E-state index is -0.925. The molecule has 0 amide bonds. The van der Waals surface area contributed by atoms with Gasteiger partial charge in [-0.15, -0.1) is 0 Å². The van der Waals surface area contributed by atoms with Crippen LogP contribution in [0.2, 0.25) is 0 Å². The maximum atomic E-state index is 10.4. The fraction of sp³-hybridized carbons (Fsp3) is 0.750. The van der Waals surface area contributed by atoms with Crippen molar-refractivity contribution in [3.63, 3.8) is 0 Å². The highest BCUT2D eigenvalue weighted by atomic mass is 16.4. The van der Waals surface area contributed by atoms with E-state index in [0.29, 0.717) is 0 Å². The van der Waals surface area contributed by atoms with Crippen LogP contribution < -0.4 is 5.11 Å². The van der Waals surface area contributed by atoms with Crippen LogP contribution in [0.3, 0.4) is 0 Å². The Labute approximate surface area is 86.0 Å². The van der Waals surface area contributed by atoms with Crippen LogP contribution in [0.25, 0.3) is 0 Å². The van der Waals surface area contributed by atoms with Crippen molar-refractivity contribution in [3.05, 3.63) is 11.6 Å². The van der Waals surface area contributed by atoms with Crippen molar-refractivity contribution in [1.29, 1.82) is 0 Å². The lowest BCUT2D eigenvalue weighted by molar-refractivity contribution is -0.307. The molecule has 1 unspecified atom stereocenters. The largest absolute Gasteiger partial charge is 0.549 e. The van der Waals surface area contributed by atoms with Gasteiger partial charge < -0.3 is 9.90 Å². The summed E-state index contributed by atoms with van der Waals surface area (Å²) in [5, 5.41) is 10.4. The zero-order valence-electron chi connectivity index (χ0n) is 8.92. The molecule has 1 rings (SSSR count). The van der Waals surface area contributed by atoms with E-state index in [1.807, 2.05) is 0 Å². The summed E-state index contributed by atoms with van der Waals surface area (Å²) in [7, 11) is 0. The predicted molar refractivity (Wildman–Crippen MR) is 54.6 cm³/mol. The first-order valence-corrected chi connectivity index (χ1v) is 5.67. The molecular weight excluding hydrogens is 176 g/mol. The van der Waals surface area contributed by atoms with E-state index < -0.39 is 5.97 Å². The third-order valence-corrected chi connectivity index (χ3v) is 2.74. The number of unbranched alkanes of at least 4 members (excludes halogenated alkanes) is 5. The Morgan fingerprint density at radius 1 is 1.29 bits per heavy atom. The summed E-state index contributed by atoms with van der Waals surface area (Å²) >= 11 is 0. The van der Waals surface area contributed by atoms with E-state index in [9.17, 15) is 9.90 Å². The molecule has 2 nitrogen and oxygen atoms in total. The van der Waals surface area contributed by atoms with Crippen LogP contribution in [0.15, 0.2) is 11.6 Å². The van der Waals surface area contributed by atoms with Crippen molar-refractivity contribution in [2.45, 2.75) is 51.9 Å². The number of aliphatic carboxylic acids is 1. The van der Waals surface area contributed by atoms with Gasteiger partial charge in [-0.25, -0.2) is 0 Å². The van der Waals surface area contributed by atoms with Crippen LogP contribution in [0.5, 0.6) is 0 Å². The number of carboxylic acid groups (broad SMARTS) is 1. The third kappa shape index (κ3) is 3.95. The molecular formula is C12H19O2-. The molecule has 1 aliphatic carbocycles. The van der Waals surface area contributed by atoms with E-state index in [1.165, 1.54) is 32.1 Å². The van der Waals surface area contributed by atoms with E-state index in [-0.39, 0.29) is 5.92 Å². The van der Waals surface area contributed by atoms with Crippen LogP contribution in [0.1, 0.15) is 51.9 Å². The van der Waals surface area contributed by atoms with Gasteiger partial charge in [0.1, 0.15) is 0 Å². The highest BCUT2D eigenvalue weighted by Gasteiger charge is 2.24. The molecule has 0 spiro atoms. The van der Waals surface area contributed by atoms with Crippen LogP contribution >= 0.6 is 0 Å². The van der Waals surface area contributed by atoms with E-state index in [4.69, 9.17) is 0 Å². The first-order chi connectivity index (χ1) is 6.75. The van der Waals surface area contributed by atoms with Crippen LogP contribution in [-0.4, -0.2) is 5.97 Å². The summed E-state index contributed by atoms with van der Waals surface area (Å²) in [6.45, 7) is 2.21. The molecule has 0 aromatic heterocycles. The minimum Gasteiger partial charge on any atom is -0.549 e. The Bertz CT molecular complexity index is 218. The van der Waals surface area contributed by atoms with Crippen LogP contribution in [-0.2, 0) is 4.79 Å². The summed E-state index contributed by atoms with van der Waals surface area (Å²) in [5.74, 6) is -1.24. The van der Waals surface area contributed by atoms with Crippen molar-refractivity contribution in [3.8, 4) is 0 Å². The smallest absolute Gasteiger partial charge is 0.0524 e. The lowest BCUT2D eigenvalue weighted by Gasteiger charge is -2.01. The normalized spacial score (nSPS) is 19.2. The van der Waals surface area contributed by atoms with Gasteiger partial charge in [0.2, 0.25) is 0 Å². The summed E-state index contributed by atoms with van der Waals surface area (Å²) in [5.41, 5.74) is 1.08. The van der Waals surface area contributed by atoms with Crippen LogP contribution in [0.4, 0.5) is 0 Å². The maximum Gasteiger partial charge on any atom is 0.0524 e. The first-order valence-electron chi connectivity index (χ1n) is 5.67. The molecule has 0 radical (unpaired) electrons. The topological polar surface area (TPSA) is 40.1 Å². The molecule has 0 saturated heterocycles. The molecule has 1 aliphatic rings. The van der Waals surface area contributed by atoms with E-state index >= 15 is 0 Å². The van der Waals surface area contributed by atoms with Crippen LogP contribution in [0, 0.1) is 5.92 Å². The highest BCUT2D eigenvalue weighted by molar-refractivity contribution is 5.79. The summed E-state index contributed by atoms with van der Waals surface area (Å²) in [4.78, 5) is 10.4. The zero-order chi connectivity index (χ0) is 10.4. The molecule has 0 aromatic carbocycles. The summed E-state index contributed by atoms with van der Waals surface area (Å²) < 4.78 is 0. The van der Waals surface area contributed by atoms with Gasteiger partial charge in [0.05, 0.1) is 5.97 Å². The van der Waals surface area contributed by atoms with Gasteiger partial charge in [0.25, 0.3) is 0 Å². The predicted octanol–water partition coefficient (Wildman–Crippen LogP) is 2.04. The lowest BCUT2D eigenvalue weighted by atomic mass is 10.1. The zero-order valence-corrected chi connectivity index (χ0v) is 8.92. The average Bonchev–Trinajstić information content (AvgIpc) is 2.90. The Balaban J connectivity index is 1.86. The van der Waals surface area contributed by atoms with E-state index in [2.05, 4.69) is 6.92 Å². The Morgan fingerprint density at radius 3 is 2.50 bits per heavy atom. The molecule has 1 atom stereocenters. The first kappa shape index (κ1) is 11.3. The SMILES string of the molecule is CCCCCCCCC1=CC1C(=O)[O-]. The number of carbonyl (C=O) groups excluding carboxylic acids is 1. The number of carboxylic acids is 1. The number of rotatable bonds is 8. The molecule has 0 N–H and O–H groups in total. The molecule has 0 bridgehead atoms. The second-order valence-electron chi connectivity index (χ2n) is 4.06. The van der Waals surface area contributed by atoms with Gasteiger partial charge in [-0.3, -0.25) is 0 Å². The number of carbonyl (C=O) groups is 1. The van der Waals surface area contributed by atoms with E-state index in [1.54, 1.807) is 6.08 Å². The number of hydrogen-bond donors (Lipinski definition) is 0. The van der Waals surface area contributed by atoms with E-state index in [0.717, 1.165) is 18.4 Å². The summed E-state index contributed by atoms with van der Waals surface area (Å²) in [6, 6.07) is 0. The molecule has 0 saturated carbocycles. The fourth-order valence-electron chi connectivity index (χ4n) is 1.73.